The van der Waals surface area contributed by atoms with E-state index in [4.69, 9.17) is 9.84 Å². The van der Waals surface area contributed by atoms with Crippen LogP contribution in [0.15, 0.2) is 24.5 Å². The molecule has 0 radical (unpaired) electrons. The monoisotopic (exact) mass is 236 g/mol. The van der Waals surface area contributed by atoms with Crippen LogP contribution in [-0.4, -0.2) is 20.4 Å². The smallest absolute Gasteiger partial charge is 0.339 e. The van der Waals surface area contributed by atoms with E-state index >= 15 is 0 Å². The van der Waals surface area contributed by atoms with Crippen molar-refractivity contribution in [1.29, 1.82) is 0 Å². The van der Waals surface area contributed by atoms with Gasteiger partial charge in [-0.2, -0.15) is 9.36 Å². The van der Waals surface area contributed by atoms with Crippen molar-refractivity contribution in [3.05, 3.63) is 35.7 Å². The number of benzene rings is 1. The van der Waals surface area contributed by atoms with Gasteiger partial charge in [-0.05, 0) is 18.6 Å². The lowest BCUT2D eigenvalue weighted by atomic mass is 10.1. The molecule has 0 bridgehead atoms. The van der Waals surface area contributed by atoms with Crippen LogP contribution in [-0.2, 0) is 0 Å². The minimum Gasteiger partial charge on any atom is -0.478 e. The highest BCUT2D eigenvalue weighted by Gasteiger charge is 2.15. The predicted molar refractivity (Wildman–Crippen MR) is 58.1 cm³/mol. The molecule has 0 spiro atoms. The Morgan fingerprint density at radius 2 is 2.31 bits per heavy atom. The zero-order chi connectivity index (χ0) is 11.5. The van der Waals surface area contributed by atoms with Gasteiger partial charge in [0.05, 0.1) is 0 Å². The summed E-state index contributed by atoms with van der Waals surface area (Å²) < 4.78 is 9.19. The lowest BCUT2D eigenvalue weighted by Gasteiger charge is -2.08. The number of hydrogen-bond acceptors (Lipinski definition) is 5. The van der Waals surface area contributed by atoms with E-state index in [9.17, 15) is 4.79 Å². The number of ether oxygens (including phenoxy) is 1. The molecule has 1 aromatic heterocycles. The average molecular weight is 236 g/mol. The van der Waals surface area contributed by atoms with Gasteiger partial charge in [0.15, 0.2) is 0 Å². The number of carbonyl (C=O) groups is 1. The maximum absolute atomic E-state index is 11.0. The minimum atomic E-state index is -1.02. The standard InChI is InChI=1S/C10H8N2O3S/c1-6-3-2-4-7(9(13)14)8(6)15-10-11-5-12-16-10/h2-5H,1H3,(H,13,14). The third-order valence-corrected chi connectivity index (χ3v) is 2.52. The van der Waals surface area contributed by atoms with Crippen LogP contribution in [0.2, 0.25) is 0 Å². The van der Waals surface area contributed by atoms with Gasteiger partial charge < -0.3 is 9.84 Å². The van der Waals surface area contributed by atoms with E-state index in [1.807, 2.05) is 0 Å². The van der Waals surface area contributed by atoms with Crippen molar-refractivity contribution in [2.75, 3.05) is 0 Å². The summed E-state index contributed by atoms with van der Waals surface area (Å²) >= 11 is 1.07. The first kappa shape index (κ1) is 10.6. The third kappa shape index (κ3) is 2.01. The highest BCUT2D eigenvalue weighted by Crippen LogP contribution is 2.29. The molecule has 2 aromatic rings. The molecule has 0 atom stereocenters. The third-order valence-electron chi connectivity index (χ3n) is 1.97. The minimum absolute atomic E-state index is 0.121. The van der Waals surface area contributed by atoms with Gasteiger partial charge in [0.25, 0.3) is 5.19 Å². The number of hydrogen-bond donors (Lipinski definition) is 1. The number of aromatic carboxylic acids is 1. The van der Waals surface area contributed by atoms with E-state index < -0.39 is 5.97 Å². The second-order valence-electron chi connectivity index (χ2n) is 3.07. The van der Waals surface area contributed by atoms with Gasteiger partial charge in [-0.1, -0.05) is 12.1 Å². The van der Waals surface area contributed by atoms with Crippen molar-refractivity contribution in [2.45, 2.75) is 6.92 Å². The summed E-state index contributed by atoms with van der Waals surface area (Å²) in [6.07, 6.45) is 1.36. The Morgan fingerprint density at radius 3 is 2.94 bits per heavy atom. The van der Waals surface area contributed by atoms with E-state index in [0.29, 0.717) is 10.9 Å². The number of nitrogens with zero attached hydrogens (tertiary/aromatic N) is 2. The van der Waals surface area contributed by atoms with Crippen molar-refractivity contribution in [1.82, 2.24) is 9.36 Å². The fourth-order valence-electron chi connectivity index (χ4n) is 1.25. The highest BCUT2D eigenvalue weighted by molar-refractivity contribution is 7.07. The van der Waals surface area contributed by atoms with Crippen LogP contribution in [0, 0.1) is 6.92 Å². The molecule has 6 heteroatoms. The van der Waals surface area contributed by atoms with Crippen LogP contribution < -0.4 is 4.74 Å². The van der Waals surface area contributed by atoms with Gasteiger partial charge in [0.2, 0.25) is 0 Å². The van der Waals surface area contributed by atoms with Crippen LogP contribution in [0.1, 0.15) is 15.9 Å². The van der Waals surface area contributed by atoms with Gasteiger partial charge in [0, 0.05) is 11.5 Å². The van der Waals surface area contributed by atoms with Gasteiger partial charge >= 0.3 is 5.97 Å². The summed E-state index contributed by atoms with van der Waals surface area (Å²) in [6, 6.07) is 4.94. The summed E-state index contributed by atoms with van der Waals surface area (Å²) in [4.78, 5) is 14.8. The maximum Gasteiger partial charge on any atom is 0.339 e. The van der Waals surface area contributed by atoms with Crippen LogP contribution >= 0.6 is 11.5 Å². The van der Waals surface area contributed by atoms with E-state index in [-0.39, 0.29) is 5.56 Å². The highest BCUT2D eigenvalue weighted by atomic mass is 32.1. The van der Waals surface area contributed by atoms with Crippen LogP contribution in [0.4, 0.5) is 0 Å². The van der Waals surface area contributed by atoms with Crippen molar-refractivity contribution in [3.63, 3.8) is 0 Å². The molecule has 0 aliphatic rings. The van der Waals surface area contributed by atoms with E-state index in [0.717, 1.165) is 17.1 Å². The first-order valence-electron chi connectivity index (χ1n) is 4.46. The van der Waals surface area contributed by atoms with Crippen LogP contribution in [0.5, 0.6) is 10.9 Å². The SMILES string of the molecule is Cc1cccc(C(=O)O)c1Oc1ncns1. The normalized spacial score (nSPS) is 10.1. The fraction of sp³-hybridized carbons (Fsp3) is 0.100. The summed E-state index contributed by atoms with van der Waals surface area (Å²) in [5.41, 5.74) is 0.866. The zero-order valence-corrected chi connectivity index (χ0v) is 9.19. The molecule has 0 aliphatic carbocycles. The summed E-state index contributed by atoms with van der Waals surface area (Å²) in [7, 11) is 0. The maximum atomic E-state index is 11.0. The van der Waals surface area contributed by atoms with Gasteiger partial charge in [-0.25, -0.2) is 4.79 Å². The number of para-hydroxylation sites is 1. The molecular formula is C10H8N2O3S. The lowest BCUT2D eigenvalue weighted by Crippen LogP contribution is -2.01. The molecule has 0 aliphatic heterocycles. The number of aromatic nitrogens is 2. The first-order chi connectivity index (χ1) is 7.68. The van der Waals surface area contributed by atoms with Crippen LogP contribution in [0.3, 0.4) is 0 Å². The second kappa shape index (κ2) is 4.28. The Hall–Kier alpha value is -1.95. The molecule has 1 heterocycles. The molecule has 1 N–H and O–H groups in total. The number of carboxylic acids is 1. The van der Waals surface area contributed by atoms with Crippen LogP contribution in [0.25, 0.3) is 0 Å². The topological polar surface area (TPSA) is 72.3 Å². The van der Waals surface area contributed by atoms with E-state index in [2.05, 4.69) is 9.36 Å². The Balaban J connectivity index is 2.42. The predicted octanol–water partition coefficient (Wildman–Crippen LogP) is 2.34. The van der Waals surface area contributed by atoms with Gasteiger partial charge in [-0.3, -0.25) is 0 Å². The van der Waals surface area contributed by atoms with Gasteiger partial charge in [0.1, 0.15) is 17.6 Å². The van der Waals surface area contributed by atoms with Crippen molar-refractivity contribution < 1.29 is 14.6 Å². The molecule has 0 saturated carbocycles. The van der Waals surface area contributed by atoms with E-state index in [1.54, 1.807) is 19.1 Å². The molecule has 5 nitrogen and oxygen atoms in total. The zero-order valence-electron chi connectivity index (χ0n) is 8.38. The van der Waals surface area contributed by atoms with Crippen molar-refractivity contribution in [2.24, 2.45) is 0 Å². The number of carboxylic acid groups (broad SMARTS) is 1. The summed E-state index contributed by atoms with van der Waals surface area (Å²) in [5.74, 6) is -0.713. The molecule has 0 saturated heterocycles. The molecule has 0 fully saturated rings. The summed E-state index contributed by atoms with van der Waals surface area (Å²) in [6.45, 7) is 1.78. The Morgan fingerprint density at radius 1 is 1.50 bits per heavy atom. The summed E-state index contributed by atoms with van der Waals surface area (Å²) in [5, 5.41) is 9.34. The largest absolute Gasteiger partial charge is 0.478 e. The Kier molecular flexibility index (Phi) is 2.82. The Labute approximate surface area is 95.5 Å². The lowest BCUT2D eigenvalue weighted by molar-refractivity contribution is 0.0694. The quantitative estimate of drug-likeness (QED) is 0.885. The molecule has 1 aromatic carbocycles. The van der Waals surface area contributed by atoms with Crippen molar-refractivity contribution >= 4 is 17.5 Å². The molecule has 0 unspecified atom stereocenters. The second-order valence-corrected chi connectivity index (χ2v) is 3.81. The number of rotatable bonds is 3. The van der Waals surface area contributed by atoms with Gasteiger partial charge in [-0.15, -0.1) is 0 Å². The molecular weight excluding hydrogens is 228 g/mol. The van der Waals surface area contributed by atoms with E-state index in [1.165, 1.54) is 12.4 Å². The van der Waals surface area contributed by atoms with Crippen molar-refractivity contribution in [3.8, 4) is 10.9 Å². The fourth-order valence-corrected chi connectivity index (χ4v) is 1.65. The number of aryl methyl sites for hydroxylation is 1. The molecule has 16 heavy (non-hydrogen) atoms. The first-order valence-corrected chi connectivity index (χ1v) is 5.23. The Bertz CT molecular complexity index is 511. The average Bonchev–Trinajstić information content (AvgIpc) is 2.73. The molecule has 2 rings (SSSR count). The molecule has 82 valence electrons. The molecule has 0 amide bonds.